The van der Waals surface area contributed by atoms with E-state index in [4.69, 9.17) is 44.8 Å². The molecule has 0 aromatic heterocycles. The summed E-state index contributed by atoms with van der Waals surface area (Å²) >= 11 is 5.59. The van der Waals surface area contributed by atoms with Crippen LogP contribution < -0.4 is 9.47 Å². The number of methoxy groups -OCH3 is 1. The first-order valence-electron chi connectivity index (χ1n) is 11.2. The van der Waals surface area contributed by atoms with Crippen LogP contribution >= 0.6 is 11.6 Å². The Labute approximate surface area is 218 Å². The molecule has 1 fully saturated rings. The third-order valence-corrected chi connectivity index (χ3v) is 5.19. The predicted molar refractivity (Wildman–Crippen MR) is 125 cm³/mol. The van der Waals surface area contributed by atoms with Crippen molar-refractivity contribution < 1.29 is 57.1 Å². The van der Waals surface area contributed by atoms with Crippen LogP contribution in [-0.2, 0) is 47.7 Å². The van der Waals surface area contributed by atoms with Crippen molar-refractivity contribution in [1.82, 2.24) is 0 Å². The molecule has 0 saturated carbocycles. The molecule has 0 aliphatic carbocycles. The monoisotopic (exact) mass is 544 g/mol. The van der Waals surface area contributed by atoms with Gasteiger partial charge in [-0.25, -0.2) is 0 Å². The number of rotatable bonds is 12. The highest BCUT2D eigenvalue weighted by Gasteiger charge is 2.53. The Kier molecular flexibility index (Phi) is 11.6. The minimum Gasteiger partial charge on any atom is -0.497 e. The number of carbonyl (C=O) groups is 5. The number of ether oxygens (including phenoxy) is 7. The van der Waals surface area contributed by atoms with Gasteiger partial charge in [-0.2, -0.15) is 0 Å². The Bertz CT molecular complexity index is 963. The van der Waals surface area contributed by atoms with Crippen molar-refractivity contribution in [2.75, 3.05) is 19.6 Å². The Hall–Kier alpha value is -3.38. The summed E-state index contributed by atoms with van der Waals surface area (Å²) in [5, 5.41) is 0. The molecule has 0 unspecified atom stereocenters. The lowest BCUT2D eigenvalue weighted by Crippen LogP contribution is -2.63. The summed E-state index contributed by atoms with van der Waals surface area (Å²) in [6.07, 6.45) is -7.00. The van der Waals surface area contributed by atoms with Crippen LogP contribution in [-0.4, -0.2) is 80.0 Å². The average Bonchev–Trinajstić information content (AvgIpc) is 2.84. The van der Waals surface area contributed by atoms with E-state index in [9.17, 15) is 24.0 Å². The van der Waals surface area contributed by atoms with Crippen molar-refractivity contribution in [1.29, 1.82) is 0 Å². The number of hydrogen-bond donors (Lipinski definition) is 0. The summed E-state index contributed by atoms with van der Waals surface area (Å²) < 4.78 is 38.2. The van der Waals surface area contributed by atoms with Gasteiger partial charge in [0.2, 0.25) is 12.4 Å². The maximum absolute atomic E-state index is 12.1. The number of benzene rings is 1. The molecule has 1 aliphatic rings. The number of Topliss-reactive ketones (excluding diaryl/α,β-unsaturated/α-hetero) is 1. The SMILES string of the molecule is COc1ccc(O[C@@H]2O[C@H](COC(=O)CCC(C)=O)[C@@H](OC(=O)CCl)[C@H](OC(C)=O)[C@H]2OC(C)=O)cc1. The number of hydrogen-bond acceptors (Lipinski definition) is 12. The van der Waals surface area contributed by atoms with Crippen LogP contribution in [0.3, 0.4) is 0 Å². The highest BCUT2D eigenvalue weighted by Crippen LogP contribution is 2.31. The van der Waals surface area contributed by atoms with Gasteiger partial charge in [0.1, 0.15) is 35.9 Å². The molecule has 1 heterocycles. The van der Waals surface area contributed by atoms with E-state index in [0.29, 0.717) is 5.75 Å². The van der Waals surface area contributed by atoms with Gasteiger partial charge in [-0.15, -0.1) is 11.6 Å². The summed E-state index contributed by atoms with van der Waals surface area (Å²) in [6.45, 7) is 3.10. The Morgan fingerprint density at radius 1 is 0.811 bits per heavy atom. The molecule has 0 amide bonds. The molecular formula is C24H29ClO12. The van der Waals surface area contributed by atoms with Crippen LogP contribution in [0.25, 0.3) is 0 Å². The quantitative estimate of drug-likeness (QED) is 0.214. The lowest BCUT2D eigenvalue weighted by atomic mass is 9.98. The molecule has 1 aromatic carbocycles. The first-order chi connectivity index (χ1) is 17.5. The third kappa shape index (κ3) is 9.54. The summed E-state index contributed by atoms with van der Waals surface area (Å²) in [5.74, 6) is -3.06. The van der Waals surface area contributed by atoms with Crippen molar-refractivity contribution in [3.63, 3.8) is 0 Å². The van der Waals surface area contributed by atoms with Gasteiger partial charge >= 0.3 is 23.9 Å². The highest BCUT2D eigenvalue weighted by molar-refractivity contribution is 6.26. The van der Waals surface area contributed by atoms with Crippen LogP contribution in [0.1, 0.15) is 33.6 Å². The molecule has 1 saturated heterocycles. The van der Waals surface area contributed by atoms with Crippen molar-refractivity contribution >= 4 is 41.3 Å². The summed E-state index contributed by atoms with van der Waals surface area (Å²) in [6, 6.07) is 6.35. The van der Waals surface area contributed by atoms with E-state index in [0.717, 1.165) is 13.8 Å². The molecule has 12 nitrogen and oxygen atoms in total. The zero-order valence-corrected chi connectivity index (χ0v) is 21.6. The second-order valence-electron chi connectivity index (χ2n) is 7.96. The highest BCUT2D eigenvalue weighted by atomic mass is 35.5. The second kappa shape index (κ2) is 14.4. The van der Waals surface area contributed by atoms with E-state index in [1.807, 2.05) is 0 Å². The largest absolute Gasteiger partial charge is 0.497 e. The van der Waals surface area contributed by atoms with Crippen LogP contribution in [0.2, 0.25) is 0 Å². The van der Waals surface area contributed by atoms with E-state index < -0.39 is 67.1 Å². The second-order valence-corrected chi connectivity index (χ2v) is 8.22. The number of carbonyl (C=O) groups excluding carboxylic acids is 5. The van der Waals surface area contributed by atoms with Gasteiger partial charge in [0.05, 0.1) is 13.5 Å². The molecule has 2 rings (SSSR count). The molecule has 0 spiro atoms. The molecule has 37 heavy (non-hydrogen) atoms. The maximum Gasteiger partial charge on any atom is 0.321 e. The van der Waals surface area contributed by atoms with Crippen LogP contribution in [0.4, 0.5) is 0 Å². The fourth-order valence-electron chi connectivity index (χ4n) is 3.39. The third-order valence-electron chi connectivity index (χ3n) is 4.97. The zero-order chi connectivity index (χ0) is 27.5. The zero-order valence-electron chi connectivity index (χ0n) is 20.8. The molecule has 0 N–H and O–H groups in total. The summed E-state index contributed by atoms with van der Waals surface area (Å²) in [4.78, 5) is 59.3. The first kappa shape index (κ1) is 29.8. The molecule has 1 aromatic rings. The summed E-state index contributed by atoms with van der Waals surface area (Å²) in [7, 11) is 1.49. The average molecular weight is 545 g/mol. The molecule has 5 atom stereocenters. The van der Waals surface area contributed by atoms with Gasteiger partial charge < -0.3 is 38.0 Å². The normalized spacial score (nSPS) is 22.8. The van der Waals surface area contributed by atoms with Crippen molar-refractivity contribution in [2.24, 2.45) is 0 Å². The van der Waals surface area contributed by atoms with Crippen molar-refractivity contribution in [2.45, 2.75) is 64.3 Å². The van der Waals surface area contributed by atoms with E-state index >= 15 is 0 Å². The first-order valence-corrected chi connectivity index (χ1v) is 11.8. The van der Waals surface area contributed by atoms with E-state index in [-0.39, 0.29) is 24.4 Å². The van der Waals surface area contributed by atoms with Gasteiger partial charge in [-0.1, -0.05) is 0 Å². The number of alkyl halides is 1. The molecule has 0 radical (unpaired) electrons. The van der Waals surface area contributed by atoms with E-state index in [1.54, 1.807) is 24.3 Å². The van der Waals surface area contributed by atoms with Crippen LogP contribution in [0, 0.1) is 0 Å². The number of ketones is 1. The van der Waals surface area contributed by atoms with Gasteiger partial charge in [0.25, 0.3) is 0 Å². The molecule has 1 aliphatic heterocycles. The molecule has 204 valence electrons. The predicted octanol–water partition coefficient (Wildman–Crippen LogP) is 1.73. The van der Waals surface area contributed by atoms with Gasteiger partial charge in [-0.05, 0) is 31.2 Å². The number of esters is 4. The smallest absolute Gasteiger partial charge is 0.321 e. The summed E-state index contributed by atoms with van der Waals surface area (Å²) in [5.41, 5.74) is 0. The fourth-order valence-corrected chi connectivity index (χ4v) is 3.45. The minimum atomic E-state index is -1.41. The van der Waals surface area contributed by atoms with Crippen LogP contribution in [0.15, 0.2) is 24.3 Å². The lowest BCUT2D eigenvalue weighted by molar-refractivity contribution is -0.288. The molecular weight excluding hydrogens is 516 g/mol. The standard InChI is InChI=1S/C24H29ClO12/c1-13(26)5-10-19(29)32-12-18-21(37-20(30)11-25)22(33-14(2)27)23(34-15(3)28)24(36-18)35-17-8-6-16(31-4)7-9-17/h6-9,18,21-24H,5,10-12H2,1-4H3/t18-,21-,22+,23-,24-/m1/s1. The van der Waals surface area contributed by atoms with Gasteiger partial charge in [-0.3, -0.25) is 19.2 Å². The van der Waals surface area contributed by atoms with Crippen molar-refractivity contribution in [3.05, 3.63) is 24.3 Å². The van der Waals surface area contributed by atoms with Gasteiger partial charge in [0.15, 0.2) is 12.2 Å². The maximum atomic E-state index is 12.1. The van der Waals surface area contributed by atoms with E-state index in [2.05, 4.69) is 0 Å². The Morgan fingerprint density at radius 3 is 1.95 bits per heavy atom. The minimum absolute atomic E-state index is 0.0250. The molecule has 13 heteroatoms. The Morgan fingerprint density at radius 2 is 1.41 bits per heavy atom. The van der Waals surface area contributed by atoms with Crippen molar-refractivity contribution in [3.8, 4) is 11.5 Å². The fraction of sp³-hybridized carbons (Fsp3) is 0.542. The van der Waals surface area contributed by atoms with Gasteiger partial charge in [0, 0.05) is 20.3 Å². The Balaban J connectivity index is 2.40. The van der Waals surface area contributed by atoms with E-state index in [1.165, 1.54) is 14.0 Å². The number of halogens is 1. The lowest BCUT2D eigenvalue weighted by Gasteiger charge is -2.44. The topological polar surface area (TPSA) is 150 Å². The molecule has 0 bridgehead atoms. The van der Waals surface area contributed by atoms with Crippen LogP contribution in [0.5, 0.6) is 11.5 Å².